The summed E-state index contributed by atoms with van der Waals surface area (Å²) in [7, 11) is 0. The summed E-state index contributed by atoms with van der Waals surface area (Å²) in [4.78, 5) is 28.6. The lowest BCUT2D eigenvalue weighted by Gasteiger charge is -2.44. The lowest BCUT2D eigenvalue weighted by atomic mass is 9.78. The third-order valence-electron chi connectivity index (χ3n) is 6.28. The molecule has 1 amide bonds. The smallest absolute Gasteiger partial charge is 0.270 e. The van der Waals surface area contributed by atoms with Gasteiger partial charge in [-0.3, -0.25) is 14.9 Å². The summed E-state index contributed by atoms with van der Waals surface area (Å²) in [6.45, 7) is 3.37. The topological polar surface area (TPSA) is 75.9 Å². The molecule has 7 heteroatoms. The number of nitro benzene ring substituents is 1. The molecule has 27 heavy (non-hydrogen) atoms. The van der Waals surface area contributed by atoms with Gasteiger partial charge in [0.1, 0.15) is 0 Å². The molecule has 0 aromatic heterocycles. The molecule has 2 aliphatic heterocycles. The normalized spacial score (nSPS) is 25.8. The number of piperidine rings is 1. The number of ether oxygens (including phenoxy) is 1. The van der Waals surface area contributed by atoms with E-state index in [1.807, 2.05) is 4.90 Å². The first-order valence-corrected chi connectivity index (χ1v) is 10.1. The van der Waals surface area contributed by atoms with Gasteiger partial charge in [-0.25, -0.2) is 0 Å². The number of carbonyl (C=O) groups is 1. The van der Waals surface area contributed by atoms with Crippen molar-refractivity contribution in [2.24, 2.45) is 5.92 Å². The molecule has 2 unspecified atom stereocenters. The van der Waals surface area contributed by atoms with Gasteiger partial charge in [0.05, 0.1) is 29.4 Å². The van der Waals surface area contributed by atoms with Crippen LogP contribution in [0.3, 0.4) is 0 Å². The summed E-state index contributed by atoms with van der Waals surface area (Å²) < 4.78 is 5.43. The van der Waals surface area contributed by atoms with Crippen LogP contribution in [0.1, 0.15) is 48.9 Å². The highest BCUT2D eigenvalue weighted by Gasteiger charge is 2.37. The molecule has 0 spiro atoms. The van der Waals surface area contributed by atoms with Crippen molar-refractivity contribution in [3.63, 3.8) is 0 Å². The fourth-order valence-corrected chi connectivity index (χ4v) is 4.92. The van der Waals surface area contributed by atoms with Crippen LogP contribution in [0.25, 0.3) is 0 Å². The van der Waals surface area contributed by atoms with Gasteiger partial charge in [-0.1, -0.05) is 12.8 Å². The summed E-state index contributed by atoms with van der Waals surface area (Å²) in [5.74, 6) is 0.541. The van der Waals surface area contributed by atoms with Crippen LogP contribution in [0.4, 0.5) is 11.4 Å². The predicted molar refractivity (Wildman–Crippen MR) is 102 cm³/mol. The molecule has 1 aliphatic carbocycles. The fraction of sp³-hybridized carbons (Fsp3) is 0.650. The van der Waals surface area contributed by atoms with Gasteiger partial charge in [-0.15, -0.1) is 0 Å². The average Bonchev–Trinajstić information content (AvgIpc) is 2.73. The summed E-state index contributed by atoms with van der Waals surface area (Å²) in [5.41, 5.74) is 1.25. The molecule has 2 heterocycles. The number of non-ortho nitro benzene ring substituents is 1. The molecule has 0 bridgehead atoms. The number of rotatable bonds is 3. The molecule has 2 saturated heterocycles. The van der Waals surface area contributed by atoms with E-state index in [-0.39, 0.29) is 17.6 Å². The number of hydrogen-bond acceptors (Lipinski definition) is 5. The Labute approximate surface area is 159 Å². The number of morpholine rings is 1. The second kappa shape index (κ2) is 7.84. The van der Waals surface area contributed by atoms with Gasteiger partial charge in [0.2, 0.25) is 0 Å². The number of likely N-dealkylation sites (tertiary alicyclic amines) is 1. The van der Waals surface area contributed by atoms with Gasteiger partial charge in [-0.2, -0.15) is 0 Å². The zero-order valence-electron chi connectivity index (χ0n) is 15.6. The Morgan fingerprint density at radius 2 is 1.81 bits per heavy atom. The second-order valence-electron chi connectivity index (χ2n) is 7.81. The van der Waals surface area contributed by atoms with Gasteiger partial charge < -0.3 is 14.5 Å². The lowest BCUT2D eigenvalue weighted by Crippen LogP contribution is -2.50. The molecule has 1 aromatic carbocycles. The first kappa shape index (κ1) is 18.2. The number of nitro groups is 1. The van der Waals surface area contributed by atoms with E-state index in [0.717, 1.165) is 31.5 Å². The van der Waals surface area contributed by atoms with E-state index in [1.165, 1.54) is 31.4 Å². The van der Waals surface area contributed by atoms with E-state index >= 15 is 0 Å². The number of carbonyl (C=O) groups excluding carboxylic acids is 1. The van der Waals surface area contributed by atoms with Crippen LogP contribution < -0.4 is 4.90 Å². The molecule has 2 atom stereocenters. The molecule has 3 fully saturated rings. The Balaban J connectivity index is 1.68. The van der Waals surface area contributed by atoms with E-state index in [1.54, 1.807) is 6.07 Å². The maximum absolute atomic E-state index is 13.5. The highest BCUT2D eigenvalue weighted by Crippen LogP contribution is 2.37. The minimum absolute atomic E-state index is 0.0208. The molecule has 1 saturated carbocycles. The van der Waals surface area contributed by atoms with Crippen molar-refractivity contribution < 1.29 is 14.5 Å². The first-order valence-electron chi connectivity index (χ1n) is 10.1. The molecule has 7 nitrogen and oxygen atoms in total. The molecule has 0 N–H and O–H groups in total. The number of amides is 1. The number of nitrogens with zero attached hydrogens (tertiary/aromatic N) is 3. The van der Waals surface area contributed by atoms with Gasteiger partial charge in [0.15, 0.2) is 0 Å². The van der Waals surface area contributed by atoms with E-state index < -0.39 is 4.92 Å². The van der Waals surface area contributed by atoms with E-state index in [0.29, 0.717) is 37.8 Å². The Morgan fingerprint density at radius 1 is 1.07 bits per heavy atom. The third kappa shape index (κ3) is 3.65. The summed E-state index contributed by atoms with van der Waals surface area (Å²) in [6.07, 6.45) is 6.88. The average molecular weight is 373 g/mol. The molecule has 4 rings (SSSR count). The monoisotopic (exact) mass is 373 g/mol. The quantitative estimate of drug-likeness (QED) is 0.601. The lowest BCUT2D eigenvalue weighted by molar-refractivity contribution is -0.384. The Morgan fingerprint density at radius 3 is 2.59 bits per heavy atom. The first-order chi connectivity index (χ1) is 13.1. The van der Waals surface area contributed by atoms with Gasteiger partial charge in [0.25, 0.3) is 11.6 Å². The highest BCUT2D eigenvalue weighted by atomic mass is 16.6. The van der Waals surface area contributed by atoms with Crippen molar-refractivity contribution in [2.75, 3.05) is 37.7 Å². The molecular formula is C20H27N3O4. The highest BCUT2D eigenvalue weighted by molar-refractivity contribution is 6.00. The minimum atomic E-state index is -0.417. The summed E-state index contributed by atoms with van der Waals surface area (Å²) >= 11 is 0. The number of anilines is 1. The second-order valence-corrected chi connectivity index (χ2v) is 7.81. The van der Waals surface area contributed by atoms with Gasteiger partial charge in [-0.05, 0) is 37.7 Å². The van der Waals surface area contributed by atoms with E-state index in [2.05, 4.69) is 4.90 Å². The standard InChI is InChI=1S/C20H27N3O4/c24-20(22-9-3-5-15-4-1-2-6-18(15)22)17-14-16(23(25)26)7-8-19(17)21-10-12-27-13-11-21/h7-8,14-15,18H,1-6,9-13H2. The van der Waals surface area contributed by atoms with Crippen molar-refractivity contribution in [2.45, 2.75) is 44.6 Å². The Hall–Kier alpha value is -2.15. The summed E-state index contributed by atoms with van der Waals surface area (Å²) in [5, 5.41) is 11.3. The molecule has 1 aromatic rings. The molecule has 0 radical (unpaired) electrons. The zero-order chi connectivity index (χ0) is 18.8. The number of hydrogen-bond donors (Lipinski definition) is 0. The van der Waals surface area contributed by atoms with Crippen molar-refractivity contribution in [3.8, 4) is 0 Å². The van der Waals surface area contributed by atoms with Crippen LogP contribution >= 0.6 is 0 Å². The number of benzene rings is 1. The summed E-state index contributed by atoms with van der Waals surface area (Å²) in [6, 6.07) is 5.00. The molecule has 3 aliphatic rings. The van der Waals surface area contributed by atoms with Crippen LogP contribution in [0, 0.1) is 16.0 Å². The molecule has 146 valence electrons. The fourth-order valence-electron chi connectivity index (χ4n) is 4.92. The van der Waals surface area contributed by atoms with Gasteiger partial charge in [0, 0.05) is 37.8 Å². The molecular weight excluding hydrogens is 346 g/mol. The van der Waals surface area contributed by atoms with Crippen molar-refractivity contribution in [1.82, 2.24) is 4.90 Å². The number of fused-ring (bicyclic) bond motifs is 1. The van der Waals surface area contributed by atoms with Crippen LogP contribution in [0.5, 0.6) is 0 Å². The predicted octanol–water partition coefficient (Wildman–Crippen LogP) is 3.23. The Kier molecular flexibility index (Phi) is 5.29. The van der Waals surface area contributed by atoms with E-state index in [9.17, 15) is 14.9 Å². The van der Waals surface area contributed by atoms with Crippen molar-refractivity contribution in [3.05, 3.63) is 33.9 Å². The largest absolute Gasteiger partial charge is 0.378 e. The minimum Gasteiger partial charge on any atom is -0.378 e. The van der Waals surface area contributed by atoms with Crippen molar-refractivity contribution in [1.29, 1.82) is 0 Å². The van der Waals surface area contributed by atoms with Crippen LogP contribution in [-0.4, -0.2) is 54.6 Å². The maximum Gasteiger partial charge on any atom is 0.270 e. The van der Waals surface area contributed by atoms with Crippen LogP contribution in [0.15, 0.2) is 18.2 Å². The van der Waals surface area contributed by atoms with Gasteiger partial charge >= 0.3 is 0 Å². The maximum atomic E-state index is 13.5. The van der Waals surface area contributed by atoms with E-state index in [4.69, 9.17) is 4.74 Å². The zero-order valence-corrected chi connectivity index (χ0v) is 15.6. The Bertz CT molecular complexity index is 715. The SMILES string of the molecule is O=C(c1cc([N+](=O)[O-])ccc1N1CCOCC1)N1CCCC2CCCCC21. The van der Waals surface area contributed by atoms with Crippen LogP contribution in [0.2, 0.25) is 0 Å². The van der Waals surface area contributed by atoms with Crippen LogP contribution in [-0.2, 0) is 4.74 Å². The third-order valence-corrected chi connectivity index (χ3v) is 6.28. The van der Waals surface area contributed by atoms with Crippen molar-refractivity contribution >= 4 is 17.3 Å².